The quantitative estimate of drug-likeness (QED) is 0.816. The summed E-state index contributed by atoms with van der Waals surface area (Å²) in [5.41, 5.74) is 4.06. The molecule has 2 heterocycles. The highest BCUT2D eigenvalue weighted by molar-refractivity contribution is 7.13. The largest absolute Gasteiger partial charge is 0.316 e. The lowest BCUT2D eigenvalue weighted by atomic mass is 10.3. The molecule has 0 aromatic carbocycles. The van der Waals surface area contributed by atoms with Crippen molar-refractivity contribution in [3.8, 4) is 0 Å². The zero-order valence-corrected chi connectivity index (χ0v) is 11.5. The van der Waals surface area contributed by atoms with Crippen molar-refractivity contribution in [1.82, 2.24) is 15.4 Å². The predicted octanol–water partition coefficient (Wildman–Crippen LogP) is 1.81. The number of carbonyl (C=O) groups is 1. The van der Waals surface area contributed by atoms with Gasteiger partial charge in [0.2, 0.25) is 5.91 Å². The van der Waals surface area contributed by atoms with Gasteiger partial charge in [0.1, 0.15) is 5.82 Å². The molecule has 6 nitrogen and oxygen atoms in total. The minimum absolute atomic E-state index is 0.188. The van der Waals surface area contributed by atoms with E-state index in [4.69, 9.17) is 0 Å². The van der Waals surface area contributed by atoms with Gasteiger partial charge >= 0.3 is 0 Å². The number of nitrogens with one attached hydrogen (secondary N) is 2. The summed E-state index contributed by atoms with van der Waals surface area (Å²) in [4.78, 5) is 24.4. The van der Waals surface area contributed by atoms with Crippen LogP contribution in [0.3, 0.4) is 0 Å². The van der Waals surface area contributed by atoms with Crippen LogP contribution in [-0.4, -0.2) is 23.0 Å². The molecule has 0 aliphatic heterocycles. The van der Waals surface area contributed by atoms with E-state index in [1.54, 1.807) is 6.20 Å². The zero-order valence-electron chi connectivity index (χ0n) is 10.6. The number of aromatic nitrogens is 2. The summed E-state index contributed by atoms with van der Waals surface area (Å²) in [6, 6.07) is 3.85. The Morgan fingerprint density at radius 2 is 2.37 bits per heavy atom. The second kappa shape index (κ2) is 6.26. The number of thiazole rings is 1. The summed E-state index contributed by atoms with van der Waals surface area (Å²) in [7, 11) is 1.40. The summed E-state index contributed by atoms with van der Waals surface area (Å²) in [6.45, 7) is 2.00. The van der Waals surface area contributed by atoms with E-state index in [-0.39, 0.29) is 12.3 Å². The van der Waals surface area contributed by atoms with Crippen LogP contribution in [0.4, 0.5) is 10.9 Å². The van der Waals surface area contributed by atoms with E-state index >= 15 is 0 Å². The lowest BCUT2D eigenvalue weighted by molar-refractivity contribution is -0.130. The van der Waals surface area contributed by atoms with Gasteiger partial charge in [-0.1, -0.05) is 0 Å². The van der Waals surface area contributed by atoms with Gasteiger partial charge in [0.15, 0.2) is 5.13 Å². The second-order valence-corrected chi connectivity index (χ2v) is 4.75. The van der Waals surface area contributed by atoms with Crippen LogP contribution in [0.25, 0.3) is 0 Å². The van der Waals surface area contributed by atoms with Gasteiger partial charge in [0.05, 0.1) is 19.2 Å². The van der Waals surface area contributed by atoms with Crippen LogP contribution >= 0.6 is 11.3 Å². The Balaban J connectivity index is 1.99. The molecule has 2 rings (SSSR count). The molecule has 0 spiro atoms. The fourth-order valence-corrected chi connectivity index (χ4v) is 2.19. The number of hydrogen-bond acceptors (Lipinski definition) is 6. The minimum Gasteiger partial charge on any atom is -0.316 e. The van der Waals surface area contributed by atoms with Crippen LogP contribution in [0, 0.1) is 6.92 Å². The molecule has 7 heteroatoms. The maximum absolute atomic E-state index is 11.3. The van der Waals surface area contributed by atoms with Crippen LogP contribution < -0.4 is 10.8 Å². The SMILES string of the molecule is CONC(=O)Cc1csc(Nc2cc(C)ccn2)n1. The van der Waals surface area contributed by atoms with Crippen molar-refractivity contribution in [2.24, 2.45) is 0 Å². The molecule has 0 aliphatic rings. The van der Waals surface area contributed by atoms with Gasteiger partial charge < -0.3 is 5.32 Å². The highest BCUT2D eigenvalue weighted by atomic mass is 32.1. The summed E-state index contributed by atoms with van der Waals surface area (Å²) in [6.07, 6.45) is 1.92. The smallest absolute Gasteiger partial charge is 0.249 e. The third-order valence-corrected chi connectivity index (χ3v) is 3.07. The third kappa shape index (κ3) is 4.01. The number of rotatable bonds is 5. The molecule has 0 saturated heterocycles. The number of anilines is 2. The van der Waals surface area contributed by atoms with Gasteiger partial charge in [-0.05, 0) is 24.6 Å². The summed E-state index contributed by atoms with van der Waals surface area (Å²) in [5, 5.41) is 5.64. The predicted molar refractivity (Wildman–Crippen MR) is 73.2 cm³/mol. The first-order chi connectivity index (χ1) is 9.17. The van der Waals surface area contributed by atoms with E-state index < -0.39 is 0 Å². The van der Waals surface area contributed by atoms with Gasteiger partial charge in [-0.25, -0.2) is 15.4 Å². The monoisotopic (exact) mass is 278 g/mol. The standard InChI is InChI=1S/C12H14N4O2S/c1-8-3-4-13-10(5-8)15-12-14-9(7-19-12)6-11(17)16-18-2/h3-5,7H,6H2,1-2H3,(H,16,17)(H,13,14,15). The second-order valence-electron chi connectivity index (χ2n) is 3.89. The highest BCUT2D eigenvalue weighted by Gasteiger charge is 2.07. The van der Waals surface area contributed by atoms with Gasteiger partial charge in [-0.3, -0.25) is 9.63 Å². The van der Waals surface area contributed by atoms with E-state index in [1.165, 1.54) is 18.4 Å². The van der Waals surface area contributed by atoms with Crippen molar-refractivity contribution in [1.29, 1.82) is 0 Å². The van der Waals surface area contributed by atoms with Crippen molar-refractivity contribution in [3.63, 3.8) is 0 Å². The molecule has 100 valence electrons. The molecule has 2 aromatic rings. The summed E-state index contributed by atoms with van der Waals surface area (Å²) >= 11 is 1.43. The fraction of sp³-hybridized carbons (Fsp3) is 0.250. The number of carbonyl (C=O) groups excluding carboxylic acids is 1. The molecule has 0 atom stereocenters. The highest BCUT2D eigenvalue weighted by Crippen LogP contribution is 2.20. The first-order valence-electron chi connectivity index (χ1n) is 5.63. The lowest BCUT2D eigenvalue weighted by Gasteiger charge is -2.02. The molecule has 0 bridgehead atoms. The average Bonchev–Trinajstić information content (AvgIpc) is 2.76. The Morgan fingerprint density at radius 3 is 3.11 bits per heavy atom. The van der Waals surface area contributed by atoms with Crippen molar-refractivity contribution in [3.05, 3.63) is 35.0 Å². The number of amides is 1. The van der Waals surface area contributed by atoms with Crippen molar-refractivity contribution in [2.45, 2.75) is 13.3 Å². The lowest BCUT2D eigenvalue weighted by Crippen LogP contribution is -2.23. The minimum atomic E-state index is -0.229. The van der Waals surface area contributed by atoms with Crippen LogP contribution in [-0.2, 0) is 16.1 Å². The topological polar surface area (TPSA) is 76.1 Å². The van der Waals surface area contributed by atoms with E-state index in [0.29, 0.717) is 10.8 Å². The molecule has 2 aromatic heterocycles. The number of aryl methyl sites for hydroxylation is 1. The van der Waals surface area contributed by atoms with Crippen molar-refractivity contribution >= 4 is 28.2 Å². The summed E-state index contributed by atoms with van der Waals surface area (Å²) < 4.78 is 0. The molecule has 0 unspecified atom stereocenters. The molecule has 1 amide bonds. The molecule has 0 aliphatic carbocycles. The van der Waals surface area contributed by atoms with Crippen LogP contribution in [0.15, 0.2) is 23.7 Å². The molecule has 19 heavy (non-hydrogen) atoms. The van der Waals surface area contributed by atoms with Gasteiger partial charge in [-0.15, -0.1) is 11.3 Å². The molecule has 0 radical (unpaired) electrons. The third-order valence-electron chi connectivity index (χ3n) is 2.26. The van der Waals surface area contributed by atoms with Gasteiger partial charge in [-0.2, -0.15) is 0 Å². The van der Waals surface area contributed by atoms with E-state index in [2.05, 4.69) is 25.6 Å². The van der Waals surface area contributed by atoms with Crippen LogP contribution in [0.1, 0.15) is 11.3 Å². The first-order valence-corrected chi connectivity index (χ1v) is 6.51. The van der Waals surface area contributed by atoms with Gasteiger partial charge in [0.25, 0.3) is 0 Å². The molecular weight excluding hydrogens is 264 g/mol. The molecule has 0 fully saturated rings. The fourth-order valence-electron chi connectivity index (χ4n) is 1.47. The Bertz CT molecular complexity index is 570. The Kier molecular flexibility index (Phi) is 4.43. The molecule has 2 N–H and O–H groups in total. The normalized spacial score (nSPS) is 10.2. The van der Waals surface area contributed by atoms with E-state index in [9.17, 15) is 4.79 Å². The van der Waals surface area contributed by atoms with Crippen LogP contribution in [0.2, 0.25) is 0 Å². The summed E-state index contributed by atoms with van der Waals surface area (Å²) in [5.74, 6) is 0.510. The Labute approximate surface area is 114 Å². The van der Waals surface area contributed by atoms with Crippen molar-refractivity contribution in [2.75, 3.05) is 12.4 Å². The van der Waals surface area contributed by atoms with Crippen molar-refractivity contribution < 1.29 is 9.63 Å². The number of hydroxylamine groups is 1. The number of pyridine rings is 1. The van der Waals surface area contributed by atoms with E-state index in [0.717, 1.165) is 11.4 Å². The average molecular weight is 278 g/mol. The number of nitrogens with zero attached hydrogens (tertiary/aromatic N) is 2. The van der Waals surface area contributed by atoms with Gasteiger partial charge in [0, 0.05) is 11.6 Å². The van der Waals surface area contributed by atoms with E-state index in [1.807, 2.05) is 24.4 Å². The molecule has 0 saturated carbocycles. The van der Waals surface area contributed by atoms with Crippen LogP contribution in [0.5, 0.6) is 0 Å². The Morgan fingerprint density at radius 1 is 1.53 bits per heavy atom. The maximum atomic E-state index is 11.3. The Hall–Kier alpha value is -1.99. The molecular formula is C12H14N4O2S. The number of hydrogen-bond donors (Lipinski definition) is 2. The maximum Gasteiger partial charge on any atom is 0.249 e. The first kappa shape index (κ1) is 13.4. The zero-order chi connectivity index (χ0) is 13.7.